The minimum absolute atomic E-state index is 0.892. The van der Waals surface area contributed by atoms with Crippen LogP contribution in [0.3, 0.4) is 0 Å². The summed E-state index contributed by atoms with van der Waals surface area (Å²) in [5, 5.41) is 0. The molecule has 0 aromatic rings. The van der Waals surface area contributed by atoms with Crippen LogP contribution in [0, 0.1) is 31.1 Å². The summed E-state index contributed by atoms with van der Waals surface area (Å²) < 4.78 is 5.07. The van der Waals surface area contributed by atoms with E-state index < -0.39 is 31.1 Å². The van der Waals surface area contributed by atoms with E-state index in [1.807, 2.05) is 0 Å². The van der Waals surface area contributed by atoms with E-state index in [2.05, 4.69) is 54.7 Å². The maximum atomic E-state index is 2.35. The quantitative estimate of drug-likeness (QED) is 0.706. The second-order valence-corrected chi connectivity index (χ2v) is 8.51. The van der Waals surface area contributed by atoms with Crippen LogP contribution in [0.1, 0.15) is 19.3 Å². The number of allylic oxidation sites excluding steroid dienone is 12. The van der Waals surface area contributed by atoms with E-state index in [4.69, 9.17) is 0 Å². The van der Waals surface area contributed by atoms with Gasteiger partial charge in [0, 0.05) is 0 Å². The first kappa shape index (κ1) is 10.8. The molecule has 3 aliphatic rings. The first-order valence-electron chi connectivity index (χ1n) is 5.57. The van der Waals surface area contributed by atoms with Gasteiger partial charge in [-0.1, -0.05) is 0 Å². The molecular formula is C15H15Tm. The van der Waals surface area contributed by atoms with Crippen LogP contribution in [0.5, 0.6) is 0 Å². The Hall–Kier alpha value is -0.326. The molecule has 0 fully saturated rings. The van der Waals surface area contributed by atoms with E-state index in [9.17, 15) is 0 Å². The van der Waals surface area contributed by atoms with Crippen molar-refractivity contribution in [2.24, 2.45) is 0 Å². The van der Waals surface area contributed by atoms with Crippen LogP contribution >= 0.6 is 0 Å². The standard InChI is InChI=1S/3C5H5.Tm/c3*1-2-4-5-3-1;/h3*1-3H,4H2;. The van der Waals surface area contributed by atoms with Crippen LogP contribution in [0.4, 0.5) is 0 Å². The Morgan fingerprint density at radius 3 is 1.25 bits per heavy atom. The van der Waals surface area contributed by atoms with Gasteiger partial charge in [-0.05, 0) is 0 Å². The van der Waals surface area contributed by atoms with E-state index in [0.29, 0.717) is 0 Å². The molecular weight excluding hydrogens is 349 g/mol. The Kier molecular flexibility index (Phi) is 3.31. The first-order valence-corrected chi connectivity index (χ1v) is 8.24. The molecule has 0 bridgehead atoms. The summed E-state index contributed by atoms with van der Waals surface area (Å²) in [6, 6.07) is 0. The summed E-state index contributed by atoms with van der Waals surface area (Å²) >= 11 is -0.892. The SMILES string of the molecule is C1=CC[C]([Tm]([C]2=CC=CC2)[C]2=CC=CC2)=C1. The topological polar surface area (TPSA) is 0 Å². The number of rotatable bonds is 3. The molecule has 1 heteroatoms. The Morgan fingerprint density at radius 2 is 1.00 bits per heavy atom. The third kappa shape index (κ3) is 2.06. The second kappa shape index (κ2) is 4.90. The molecule has 0 saturated carbocycles. The van der Waals surface area contributed by atoms with E-state index in [-0.39, 0.29) is 0 Å². The van der Waals surface area contributed by atoms with Gasteiger partial charge >= 0.3 is 110 Å². The molecule has 0 atom stereocenters. The summed E-state index contributed by atoms with van der Waals surface area (Å²) in [5.41, 5.74) is 0. The molecule has 0 unspecified atom stereocenters. The zero-order chi connectivity index (χ0) is 10.8. The molecule has 0 spiro atoms. The van der Waals surface area contributed by atoms with Crippen LogP contribution in [0.25, 0.3) is 0 Å². The fraction of sp³-hybridized carbons (Fsp3) is 0.200. The number of hydrogen-bond donors (Lipinski definition) is 0. The molecule has 0 saturated heterocycles. The van der Waals surface area contributed by atoms with E-state index in [1.54, 1.807) is 5.38 Å². The fourth-order valence-electron chi connectivity index (χ4n) is 1.85. The van der Waals surface area contributed by atoms with Gasteiger partial charge in [-0.3, -0.25) is 0 Å². The first-order chi connectivity index (χ1) is 7.95. The molecule has 16 heavy (non-hydrogen) atoms. The monoisotopic (exact) mass is 364 g/mol. The molecule has 0 amide bonds. The third-order valence-corrected chi connectivity index (χ3v) is 8.01. The molecule has 0 heterocycles. The van der Waals surface area contributed by atoms with Crippen molar-refractivity contribution < 1.29 is 31.1 Å². The van der Waals surface area contributed by atoms with Crippen LogP contribution < -0.4 is 0 Å². The Labute approximate surface area is 109 Å². The van der Waals surface area contributed by atoms with Gasteiger partial charge in [-0.25, -0.2) is 0 Å². The Balaban J connectivity index is 1.89. The normalized spacial score (nSPS) is 22.5. The fourth-order valence-corrected chi connectivity index (χ4v) is 7.17. The van der Waals surface area contributed by atoms with Crippen LogP contribution in [0.2, 0.25) is 0 Å². The second-order valence-electron chi connectivity index (χ2n) is 3.75. The van der Waals surface area contributed by atoms with Crippen LogP contribution in [-0.2, 0) is 0 Å². The Morgan fingerprint density at radius 1 is 0.625 bits per heavy atom. The van der Waals surface area contributed by atoms with Gasteiger partial charge in [0.25, 0.3) is 0 Å². The molecule has 0 aromatic carbocycles. The zero-order valence-corrected chi connectivity index (χ0v) is 10.9. The van der Waals surface area contributed by atoms with E-state index in [0.717, 1.165) is 0 Å². The minimum atomic E-state index is -0.892. The van der Waals surface area contributed by atoms with Crippen molar-refractivity contribution in [1.82, 2.24) is 0 Å². The molecule has 88 valence electrons. The van der Waals surface area contributed by atoms with Crippen molar-refractivity contribution in [1.29, 1.82) is 0 Å². The molecule has 3 rings (SSSR count). The molecule has 0 aromatic heterocycles. The van der Waals surface area contributed by atoms with Gasteiger partial charge in [-0.15, -0.1) is 0 Å². The van der Waals surface area contributed by atoms with Gasteiger partial charge in [0.05, 0.1) is 0 Å². The summed E-state index contributed by atoms with van der Waals surface area (Å²) in [6.45, 7) is 0. The summed E-state index contributed by atoms with van der Waals surface area (Å²) in [4.78, 5) is 0. The van der Waals surface area contributed by atoms with Gasteiger partial charge in [0.2, 0.25) is 0 Å². The van der Waals surface area contributed by atoms with Crippen molar-refractivity contribution in [2.45, 2.75) is 19.3 Å². The van der Waals surface area contributed by atoms with Crippen molar-refractivity contribution in [2.75, 3.05) is 0 Å². The van der Waals surface area contributed by atoms with Gasteiger partial charge in [-0.2, -0.15) is 0 Å². The molecule has 3 aliphatic carbocycles. The van der Waals surface area contributed by atoms with Gasteiger partial charge < -0.3 is 0 Å². The summed E-state index contributed by atoms with van der Waals surface area (Å²) in [5.74, 6) is 0. The van der Waals surface area contributed by atoms with Crippen LogP contribution in [-0.4, -0.2) is 0 Å². The van der Waals surface area contributed by atoms with Crippen molar-refractivity contribution in [3.8, 4) is 0 Å². The van der Waals surface area contributed by atoms with Crippen LogP contribution in [0.15, 0.2) is 60.1 Å². The average molecular weight is 364 g/mol. The van der Waals surface area contributed by atoms with Crippen molar-refractivity contribution in [3.05, 3.63) is 60.1 Å². The average Bonchev–Trinajstić information content (AvgIpc) is 3.02. The zero-order valence-electron chi connectivity index (χ0n) is 9.09. The predicted molar refractivity (Wildman–Crippen MR) is 65.5 cm³/mol. The van der Waals surface area contributed by atoms with Crippen molar-refractivity contribution >= 4 is 0 Å². The third-order valence-electron chi connectivity index (χ3n) is 2.60. The Bertz CT molecular complexity index is 398. The molecule has 0 N–H and O–H groups in total. The number of hydrogen-bond acceptors (Lipinski definition) is 0. The summed E-state index contributed by atoms with van der Waals surface area (Å²) in [7, 11) is 0. The van der Waals surface area contributed by atoms with E-state index >= 15 is 0 Å². The molecule has 0 nitrogen and oxygen atoms in total. The predicted octanol–water partition coefficient (Wildman–Crippen LogP) is 4.14. The molecule has 0 radical (unpaired) electrons. The maximum absolute atomic E-state index is 2.35. The summed E-state index contributed by atoms with van der Waals surface area (Å²) in [6.07, 6.45) is 24.1. The van der Waals surface area contributed by atoms with E-state index in [1.165, 1.54) is 19.3 Å². The van der Waals surface area contributed by atoms with Gasteiger partial charge in [0.1, 0.15) is 0 Å². The van der Waals surface area contributed by atoms with Crippen molar-refractivity contribution in [3.63, 3.8) is 0 Å². The van der Waals surface area contributed by atoms with Gasteiger partial charge in [0.15, 0.2) is 0 Å². The molecule has 0 aliphatic heterocycles.